The summed E-state index contributed by atoms with van der Waals surface area (Å²) in [6, 6.07) is -4.57. The standard InChI is InChI=1S/C49H76N14O15/c1-10-28(4)39(44(71)56-33(22-30-23-52-26-54-30)45(72)61-20-12-14-35(61)41(68)57-34(25-64)46(73)77-9)59-40(67)32(21-29-15-17-31(65)18-16-29)55-43(70)38(27(2)3)58-42(69)36(13-11-19-53-47(50)51)62(63(75)76)37(66)24-60(8)48(74)78-49(5,6)7/h15-18,23,26-28,32-36,38-39,64-65H,10-14,19-22,24-25H2,1-9H3,(H,52,54)(H,55,70)(H,56,71)(H,57,68)(H,58,69)(H,59,67)(H4,50,51,53). The molecular formula is C49H76N14O15. The number of likely N-dealkylation sites (N-methyl/N-ethyl adjacent to an activating group) is 1. The van der Waals surface area contributed by atoms with Gasteiger partial charge in [0, 0.05) is 39.2 Å². The van der Waals surface area contributed by atoms with E-state index in [9.17, 15) is 63.5 Å². The molecule has 432 valence electrons. The SMILES string of the molecule is CCC(C)C(NC(=O)C(Cc1ccc(O)cc1)NC(=O)C(NC(=O)C(CCCNC(=N)N)N(C(=O)CN(C)C(=O)OC(C)(C)C)[N+](=O)[O-])C(C)C)C(=O)NC(Cc1c[nH]cn1)C(=O)N1CCCC1C(=O)NC(CO)C(=O)OC. The highest BCUT2D eigenvalue weighted by atomic mass is 16.7. The van der Waals surface area contributed by atoms with Crippen LogP contribution in [0.2, 0.25) is 0 Å². The number of likely N-dealkylation sites (tertiary alicyclic amines) is 1. The Balaban J connectivity index is 1.99. The average molecular weight is 1100 g/mol. The molecule has 12 N–H and O–H groups in total. The third-order valence-corrected chi connectivity index (χ3v) is 12.5. The highest BCUT2D eigenvalue weighted by Gasteiger charge is 2.43. The predicted octanol–water partition coefficient (Wildman–Crippen LogP) is -1.30. The third kappa shape index (κ3) is 19.5. The van der Waals surface area contributed by atoms with Crippen LogP contribution in [0.25, 0.3) is 0 Å². The van der Waals surface area contributed by atoms with Crippen LogP contribution < -0.4 is 37.6 Å². The van der Waals surface area contributed by atoms with Crippen LogP contribution in [0.3, 0.4) is 0 Å². The van der Waals surface area contributed by atoms with E-state index in [1.165, 1.54) is 62.6 Å². The van der Waals surface area contributed by atoms with Crippen LogP contribution in [0.15, 0.2) is 36.8 Å². The number of aromatic nitrogens is 2. The summed E-state index contributed by atoms with van der Waals surface area (Å²) in [5, 5.41) is 54.3. The Labute approximate surface area is 451 Å². The van der Waals surface area contributed by atoms with Gasteiger partial charge in [0.1, 0.15) is 48.1 Å². The topological polar surface area (TPSA) is 416 Å². The largest absolute Gasteiger partial charge is 0.508 e. The minimum Gasteiger partial charge on any atom is -0.508 e. The Hall–Kier alpha value is -8.11. The minimum absolute atomic E-state index is 0.0362. The van der Waals surface area contributed by atoms with E-state index in [4.69, 9.17) is 15.9 Å². The molecule has 0 aliphatic carbocycles. The number of hydrazine groups is 1. The zero-order valence-electron chi connectivity index (χ0n) is 45.5. The molecule has 1 aromatic carbocycles. The summed E-state index contributed by atoms with van der Waals surface area (Å²) in [4.78, 5) is 146. The van der Waals surface area contributed by atoms with Gasteiger partial charge >= 0.3 is 18.0 Å². The molecule has 2 heterocycles. The maximum absolute atomic E-state index is 14.6. The first-order chi connectivity index (χ1) is 36.6. The van der Waals surface area contributed by atoms with Crippen LogP contribution >= 0.6 is 0 Å². The van der Waals surface area contributed by atoms with Gasteiger partial charge in [0.05, 0.1) is 25.7 Å². The van der Waals surface area contributed by atoms with Gasteiger partial charge in [-0.1, -0.05) is 46.2 Å². The second-order valence-electron chi connectivity index (χ2n) is 20.1. The molecule has 8 amide bonds. The van der Waals surface area contributed by atoms with Crippen molar-refractivity contribution < 1.29 is 67.9 Å². The number of carbonyl (C=O) groups is 9. The van der Waals surface area contributed by atoms with Crippen molar-refractivity contribution in [2.45, 2.75) is 141 Å². The molecular weight excluding hydrogens is 1020 g/mol. The minimum atomic E-state index is -1.91. The van der Waals surface area contributed by atoms with E-state index in [2.05, 4.69) is 46.6 Å². The first-order valence-corrected chi connectivity index (χ1v) is 25.4. The van der Waals surface area contributed by atoms with Crippen LogP contribution in [0.1, 0.15) is 91.8 Å². The van der Waals surface area contributed by atoms with Gasteiger partial charge in [0.2, 0.25) is 35.4 Å². The van der Waals surface area contributed by atoms with E-state index in [0.29, 0.717) is 24.1 Å². The van der Waals surface area contributed by atoms with Crippen LogP contribution in [-0.2, 0) is 60.7 Å². The number of aliphatic hydroxyl groups is 1. The molecule has 1 saturated heterocycles. The maximum Gasteiger partial charge on any atom is 0.410 e. The van der Waals surface area contributed by atoms with E-state index >= 15 is 0 Å². The number of hydrogen-bond acceptors (Lipinski definition) is 17. The molecule has 29 nitrogen and oxygen atoms in total. The number of nitrogens with zero attached hydrogens (tertiary/aromatic N) is 5. The van der Waals surface area contributed by atoms with Crippen LogP contribution in [0.4, 0.5) is 4.79 Å². The lowest BCUT2D eigenvalue weighted by atomic mass is 9.96. The van der Waals surface area contributed by atoms with E-state index in [0.717, 1.165) is 12.0 Å². The van der Waals surface area contributed by atoms with Crippen molar-refractivity contribution in [1.82, 2.24) is 56.7 Å². The zero-order chi connectivity index (χ0) is 58.6. The van der Waals surface area contributed by atoms with Crippen molar-refractivity contribution in [3.05, 3.63) is 58.2 Å². The Morgan fingerprint density at radius 3 is 2.12 bits per heavy atom. The number of amides is 8. The molecule has 1 aliphatic heterocycles. The van der Waals surface area contributed by atoms with E-state index < -0.39 is 144 Å². The summed E-state index contributed by atoms with van der Waals surface area (Å²) >= 11 is 0. The fraction of sp³-hybridized carbons (Fsp3) is 0.612. The number of H-pyrrole nitrogens is 1. The molecule has 1 aromatic heterocycles. The fourth-order valence-electron chi connectivity index (χ4n) is 8.19. The molecule has 78 heavy (non-hydrogen) atoms. The summed E-state index contributed by atoms with van der Waals surface area (Å²) < 4.78 is 9.92. The van der Waals surface area contributed by atoms with E-state index in [-0.39, 0.29) is 49.5 Å². The normalized spacial score (nSPS) is 15.9. The third-order valence-electron chi connectivity index (χ3n) is 12.5. The average Bonchev–Trinajstić information content (AvgIpc) is 4.09. The van der Waals surface area contributed by atoms with Gasteiger partial charge < -0.3 is 72.1 Å². The van der Waals surface area contributed by atoms with Crippen LogP contribution in [0, 0.1) is 27.4 Å². The van der Waals surface area contributed by atoms with E-state index in [1.807, 2.05) is 0 Å². The molecule has 3 rings (SSSR count). The maximum atomic E-state index is 14.6. The Kier molecular flexibility index (Phi) is 24.7. The van der Waals surface area contributed by atoms with Gasteiger partial charge in [-0.05, 0) is 81.0 Å². The van der Waals surface area contributed by atoms with Crippen LogP contribution in [-0.4, -0.2) is 188 Å². The summed E-state index contributed by atoms with van der Waals surface area (Å²) in [5.74, 6) is -9.45. The number of aliphatic hydroxyl groups excluding tert-OH is 1. The predicted molar refractivity (Wildman–Crippen MR) is 278 cm³/mol. The number of carbonyl (C=O) groups excluding carboxylic acids is 9. The lowest BCUT2D eigenvalue weighted by molar-refractivity contribution is -0.640. The molecule has 0 saturated carbocycles. The quantitative estimate of drug-likeness (QED) is 0.0118. The molecule has 1 fully saturated rings. The number of benzene rings is 1. The number of imidazole rings is 1. The van der Waals surface area contributed by atoms with Gasteiger partial charge in [0.15, 0.2) is 23.1 Å². The fourth-order valence-corrected chi connectivity index (χ4v) is 8.19. The number of hydrogen-bond donors (Lipinski definition) is 11. The monoisotopic (exact) mass is 1100 g/mol. The Morgan fingerprint density at radius 1 is 0.936 bits per heavy atom. The number of guanidine groups is 1. The van der Waals surface area contributed by atoms with Gasteiger partial charge in [-0.25, -0.2) is 24.7 Å². The number of esters is 1. The summed E-state index contributed by atoms with van der Waals surface area (Å²) in [7, 11) is 2.25. The smallest absolute Gasteiger partial charge is 0.410 e. The highest BCUT2D eigenvalue weighted by Crippen LogP contribution is 2.22. The van der Waals surface area contributed by atoms with Crippen molar-refractivity contribution in [3.63, 3.8) is 0 Å². The molecule has 0 radical (unpaired) electrons. The number of nitro groups is 1. The van der Waals surface area contributed by atoms with Crippen molar-refractivity contribution in [3.8, 4) is 5.75 Å². The lowest BCUT2D eigenvalue weighted by Crippen LogP contribution is -2.62. The number of phenols is 1. The summed E-state index contributed by atoms with van der Waals surface area (Å²) in [6.07, 6.45) is 1.86. The van der Waals surface area contributed by atoms with E-state index in [1.54, 1.807) is 34.6 Å². The van der Waals surface area contributed by atoms with Gasteiger partial charge in [-0.15, -0.1) is 0 Å². The number of phenolic OH excluding ortho intramolecular Hbond substituents is 1. The molecule has 0 spiro atoms. The molecule has 0 bridgehead atoms. The second-order valence-corrected chi connectivity index (χ2v) is 20.1. The number of nitrogens with one attached hydrogen (secondary N) is 8. The molecule has 2 aromatic rings. The number of aromatic hydroxyl groups is 1. The Bertz CT molecular complexity index is 2420. The first-order valence-electron chi connectivity index (χ1n) is 25.4. The summed E-state index contributed by atoms with van der Waals surface area (Å²) in [6.45, 7) is 9.56. The first kappa shape index (κ1) is 64.2. The van der Waals surface area contributed by atoms with Gasteiger partial charge in [0.25, 0.3) is 0 Å². The van der Waals surface area contributed by atoms with Crippen molar-refractivity contribution in [2.75, 3.05) is 40.4 Å². The van der Waals surface area contributed by atoms with Crippen molar-refractivity contribution in [2.24, 2.45) is 17.6 Å². The van der Waals surface area contributed by atoms with Crippen molar-refractivity contribution in [1.29, 1.82) is 5.41 Å². The zero-order valence-corrected chi connectivity index (χ0v) is 45.5. The lowest BCUT2D eigenvalue weighted by Gasteiger charge is -2.32. The molecule has 8 unspecified atom stereocenters. The Morgan fingerprint density at radius 2 is 1.56 bits per heavy atom. The number of nitrogens with two attached hydrogens (primary N) is 1. The van der Waals surface area contributed by atoms with Crippen LogP contribution in [0.5, 0.6) is 5.75 Å². The van der Waals surface area contributed by atoms with Crippen molar-refractivity contribution >= 4 is 59.4 Å². The molecule has 1 aliphatic rings. The van der Waals surface area contributed by atoms with Gasteiger partial charge in [-0.2, -0.15) is 0 Å². The second kappa shape index (κ2) is 30.0. The number of methoxy groups -OCH3 is 1. The summed E-state index contributed by atoms with van der Waals surface area (Å²) in [5.41, 5.74) is 5.19. The number of rotatable bonds is 28. The van der Waals surface area contributed by atoms with Gasteiger partial charge in [-0.3, -0.25) is 39.0 Å². The molecule has 8 atom stereocenters. The number of aromatic amines is 1. The number of ether oxygens (including phenoxy) is 2. The molecule has 29 heteroatoms. The highest BCUT2D eigenvalue weighted by molar-refractivity contribution is 5.98.